The van der Waals surface area contributed by atoms with Crippen LogP contribution in [0.15, 0.2) is 53.8 Å². The van der Waals surface area contributed by atoms with Crippen LogP contribution in [0.2, 0.25) is 5.02 Å². The molecule has 0 amide bonds. The van der Waals surface area contributed by atoms with Crippen molar-refractivity contribution in [1.82, 2.24) is 10.3 Å². The maximum absolute atomic E-state index is 8.79. The lowest BCUT2D eigenvalue weighted by atomic mass is 10.2. The quantitative estimate of drug-likeness (QED) is 0.247. The van der Waals surface area contributed by atoms with Crippen molar-refractivity contribution in [2.75, 3.05) is 18.5 Å². The molecule has 130 valence electrons. The number of guanidine groups is 1. The average Bonchev–Trinajstić information content (AvgIpc) is 2.62. The first-order valence-electron chi connectivity index (χ1n) is 8.03. The summed E-state index contributed by atoms with van der Waals surface area (Å²) in [6.45, 7) is 1.27. The lowest BCUT2D eigenvalue weighted by Gasteiger charge is -2.08. The van der Waals surface area contributed by atoms with Gasteiger partial charge in [-0.2, -0.15) is 5.26 Å². The van der Waals surface area contributed by atoms with Crippen LogP contribution in [0.5, 0.6) is 5.75 Å². The van der Waals surface area contributed by atoms with Crippen molar-refractivity contribution in [2.24, 2.45) is 4.99 Å². The van der Waals surface area contributed by atoms with Gasteiger partial charge in [0.05, 0.1) is 6.61 Å². The number of nitriles is 1. The lowest BCUT2D eigenvalue weighted by Crippen LogP contribution is -2.27. The van der Waals surface area contributed by atoms with E-state index in [1.807, 2.05) is 36.5 Å². The van der Waals surface area contributed by atoms with E-state index in [4.69, 9.17) is 21.6 Å². The molecule has 0 fully saturated rings. The number of benzene rings is 1. The highest BCUT2D eigenvalue weighted by Crippen LogP contribution is 2.17. The molecule has 2 rings (SSSR count). The van der Waals surface area contributed by atoms with Crippen LogP contribution < -0.4 is 15.4 Å². The summed E-state index contributed by atoms with van der Waals surface area (Å²) in [5.41, 5.74) is 0.825. The predicted molar refractivity (Wildman–Crippen MR) is 99.7 cm³/mol. The van der Waals surface area contributed by atoms with Crippen LogP contribution in [0, 0.1) is 11.5 Å². The van der Waals surface area contributed by atoms with Crippen molar-refractivity contribution in [2.45, 2.75) is 19.3 Å². The van der Waals surface area contributed by atoms with E-state index in [1.54, 1.807) is 18.5 Å². The summed E-state index contributed by atoms with van der Waals surface area (Å²) in [6, 6.07) is 11.0. The molecule has 0 aliphatic heterocycles. The summed E-state index contributed by atoms with van der Waals surface area (Å²) in [4.78, 5) is 8.31. The van der Waals surface area contributed by atoms with E-state index < -0.39 is 0 Å². The molecule has 0 aliphatic carbocycles. The highest BCUT2D eigenvalue weighted by Gasteiger charge is 1.99. The monoisotopic (exact) mass is 357 g/mol. The maximum atomic E-state index is 8.79. The molecule has 2 aromatic rings. The van der Waals surface area contributed by atoms with Gasteiger partial charge in [0.1, 0.15) is 5.75 Å². The van der Waals surface area contributed by atoms with Gasteiger partial charge in [0.2, 0.25) is 5.96 Å². The highest BCUT2D eigenvalue weighted by molar-refractivity contribution is 6.30. The van der Waals surface area contributed by atoms with Gasteiger partial charge >= 0.3 is 0 Å². The zero-order valence-electron chi connectivity index (χ0n) is 13.8. The van der Waals surface area contributed by atoms with E-state index in [-0.39, 0.29) is 0 Å². The van der Waals surface area contributed by atoms with Crippen LogP contribution in [0.4, 0.5) is 5.69 Å². The number of nitrogens with one attached hydrogen (secondary N) is 2. The highest BCUT2D eigenvalue weighted by atomic mass is 35.5. The summed E-state index contributed by atoms with van der Waals surface area (Å²) < 4.78 is 5.64. The molecule has 0 saturated carbocycles. The number of aromatic nitrogens is 1. The number of unbranched alkanes of at least 4 members (excludes halogenated alkanes) is 2. The third kappa shape index (κ3) is 7.55. The molecule has 1 aromatic carbocycles. The minimum Gasteiger partial charge on any atom is -0.494 e. The van der Waals surface area contributed by atoms with E-state index in [0.717, 1.165) is 30.7 Å². The fraction of sp³-hybridized carbons (Fsp3) is 0.278. The molecule has 7 heteroatoms. The first kappa shape index (κ1) is 18.6. The molecule has 1 heterocycles. The second-order valence-corrected chi connectivity index (χ2v) is 5.63. The molecule has 0 radical (unpaired) electrons. The standard InChI is InChI=1S/C18H20ClN5O/c19-15-5-4-6-17(13-15)25-12-3-1-2-9-22-18(23-14-20)24-16-7-10-21-11-8-16/h4-8,10-11,13H,1-3,9,12H2,(H2,21,22,23,24). The molecule has 6 nitrogen and oxygen atoms in total. The van der Waals surface area contributed by atoms with E-state index in [2.05, 4.69) is 20.6 Å². The van der Waals surface area contributed by atoms with Gasteiger partial charge in [0, 0.05) is 29.6 Å². The fourth-order valence-electron chi connectivity index (χ4n) is 2.06. The third-order valence-electron chi connectivity index (χ3n) is 3.25. The smallest absolute Gasteiger partial charge is 0.209 e. The van der Waals surface area contributed by atoms with Crippen LogP contribution >= 0.6 is 11.6 Å². The topological polar surface area (TPSA) is 82.3 Å². The number of anilines is 1. The number of nitrogens with zero attached hydrogens (tertiary/aromatic N) is 3. The van der Waals surface area contributed by atoms with Gasteiger partial charge in [0.25, 0.3) is 0 Å². The van der Waals surface area contributed by atoms with Gasteiger partial charge in [0.15, 0.2) is 6.19 Å². The molecule has 1 aromatic heterocycles. The second-order valence-electron chi connectivity index (χ2n) is 5.19. The van der Waals surface area contributed by atoms with Gasteiger partial charge in [-0.15, -0.1) is 0 Å². The van der Waals surface area contributed by atoms with Gasteiger partial charge in [-0.05, 0) is 49.6 Å². The Morgan fingerprint density at radius 3 is 2.80 bits per heavy atom. The summed E-state index contributed by atoms with van der Waals surface area (Å²) >= 11 is 5.91. The Bertz CT molecular complexity index is 715. The maximum Gasteiger partial charge on any atom is 0.209 e. The van der Waals surface area contributed by atoms with Crippen LogP contribution in [-0.2, 0) is 0 Å². The molecule has 25 heavy (non-hydrogen) atoms. The van der Waals surface area contributed by atoms with Crippen LogP contribution in [0.25, 0.3) is 0 Å². The molecule has 0 spiro atoms. The molecule has 2 N–H and O–H groups in total. The molecule has 0 saturated heterocycles. The Balaban J connectivity index is 1.65. The van der Waals surface area contributed by atoms with Gasteiger partial charge in [-0.1, -0.05) is 17.7 Å². The predicted octanol–water partition coefficient (Wildman–Crippen LogP) is 3.82. The van der Waals surface area contributed by atoms with Crippen molar-refractivity contribution >= 4 is 23.2 Å². The number of ether oxygens (including phenoxy) is 1. The molecule has 0 aliphatic rings. The average molecular weight is 358 g/mol. The largest absolute Gasteiger partial charge is 0.494 e. The SMILES string of the molecule is N#CNC(=NCCCCCOc1cccc(Cl)c1)Nc1ccncc1. The molecule has 0 unspecified atom stereocenters. The van der Waals surface area contributed by atoms with Crippen molar-refractivity contribution in [3.8, 4) is 11.9 Å². The zero-order chi connectivity index (χ0) is 17.7. The van der Waals surface area contributed by atoms with E-state index in [0.29, 0.717) is 24.1 Å². The Morgan fingerprint density at radius 1 is 1.20 bits per heavy atom. The van der Waals surface area contributed by atoms with Crippen molar-refractivity contribution < 1.29 is 4.74 Å². The van der Waals surface area contributed by atoms with Gasteiger partial charge in [-0.25, -0.2) is 0 Å². The summed E-state index contributed by atoms with van der Waals surface area (Å²) in [7, 11) is 0. The van der Waals surface area contributed by atoms with E-state index >= 15 is 0 Å². The Kier molecular flexibility index (Phi) is 8.09. The van der Waals surface area contributed by atoms with E-state index in [9.17, 15) is 0 Å². The molecular weight excluding hydrogens is 338 g/mol. The number of halogens is 1. The second kappa shape index (κ2) is 10.9. The van der Waals surface area contributed by atoms with Crippen molar-refractivity contribution in [3.63, 3.8) is 0 Å². The van der Waals surface area contributed by atoms with Gasteiger partial charge < -0.3 is 10.1 Å². The first-order valence-corrected chi connectivity index (χ1v) is 8.40. The van der Waals surface area contributed by atoms with Crippen LogP contribution in [0.1, 0.15) is 19.3 Å². The van der Waals surface area contributed by atoms with E-state index in [1.165, 1.54) is 0 Å². The Morgan fingerprint density at radius 2 is 2.04 bits per heavy atom. The number of rotatable bonds is 8. The molecule has 0 bridgehead atoms. The number of hydrogen-bond donors (Lipinski definition) is 2. The molecular formula is C18H20ClN5O. The summed E-state index contributed by atoms with van der Waals surface area (Å²) in [5, 5.41) is 15.1. The van der Waals surface area contributed by atoms with Crippen LogP contribution in [-0.4, -0.2) is 24.1 Å². The van der Waals surface area contributed by atoms with Crippen LogP contribution in [0.3, 0.4) is 0 Å². The minimum atomic E-state index is 0.434. The first-order chi connectivity index (χ1) is 12.3. The number of hydrogen-bond acceptors (Lipinski definition) is 4. The molecule has 0 atom stereocenters. The Labute approximate surface area is 152 Å². The summed E-state index contributed by atoms with van der Waals surface area (Å²) in [6.07, 6.45) is 8.05. The third-order valence-corrected chi connectivity index (χ3v) is 3.49. The van der Waals surface area contributed by atoms with Gasteiger partial charge in [-0.3, -0.25) is 15.3 Å². The number of aliphatic imine (C=N–C) groups is 1. The number of pyridine rings is 1. The lowest BCUT2D eigenvalue weighted by molar-refractivity contribution is 0.306. The van der Waals surface area contributed by atoms with Crippen molar-refractivity contribution in [1.29, 1.82) is 5.26 Å². The van der Waals surface area contributed by atoms with Crippen molar-refractivity contribution in [3.05, 3.63) is 53.8 Å². The normalized spacial score (nSPS) is 10.8. The Hall–Kier alpha value is -2.78. The summed E-state index contributed by atoms with van der Waals surface area (Å²) in [5.74, 6) is 1.22. The zero-order valence-corrected chi connectivity index (χ0v) is 14.5. The fourth-order valence-corrected chi connectivity index (χ4v) is 2.24. The minimum absolute atomic E-state index is 0.434.